The average molecular weight is 111 g/mol. The minimum atomic E-state index is 0.977. The van der Waals surface area contributed by atoms with Crippen LogP contribution in [-0.4, -0.2) is 13.2 Å². The van der Waals surface area contributed by atoms with Crippen LogP contribution in [0.4, 0.5) is 0 Å². The van der Waals surface area contributed by atoms with Gasteiger partial charge in [-0.3, -0.25) is 0 Å². The van der Waals surface area contributed by atoms with Crippen LogP contribution in [0.15, 0.2) is 0 Å². The number of hydrogen-bond donors (Lipinski definition) is 0. The Bertz CT molecular complexity index is 80.4. The molecule has 0 amide bonds. The molecule has 8 heavy (non-hydrogen) atoms. The van der Waals surface area contributed by atoms with Crippen molar-refractivity contribution >= 4 is 0 Å². The van der Waals surface area contributed by atoms with E-state index in [1.165, 1.54) is 19.3 Å². The molecule has 0 N–H and O–H groups in total. The fraction of sp³-hybridized carbons (Fsp3) is 0.857. The Morgan fingerprint density at radius 3 is 2.75 bits per heavy atom. The lowest BCUT2D eigenvalue weighted by Gasteiger charge is -1.99. The zero-order chi connectivity index (χ0) is 5.40. The fourth-order valence-electron chi connectivity index (χ4n) is 1.29. The van der Waals surface area contributed by atoms with Gasteiger partial charge in [0, 0.05) is 12.5 Å². The smallest absolute Gasteiger partial charge is 0.0532 e. The standard InChI is InChI=1S/C7H11O/c1-2-6(1)7-3-4-8-5-7/h6H,1-5H2. The average Bonchev–Trinajstić information content (AvgIpc) is 2.49. The van der Waals surface area contributed by atoms with Gasteiger partial charge in [-0.25, -0.2) is 0 Å². The number of rotatable bonds is 1. The van der Waals surface area contributed by atoms with Crippen molar-refractivity contribution in [2.75, 3.05) is 13.2 Å². The second-order valence-corrected chi connectivity index (χ2v) is 2.74. The monoisotopic (exact) mass is 111 g/mol. The van der Waals surface area contributed by atoms with Crippen molar-refractivity contribution in [3.8, 4) is 0 Å². The van der Waals surface area contributed by atoms with Crippen molar-refractivity contribution < 1.29 is 4.74 Å². The first-order valence-electron chi connectivity index (χ1n) is 3.39. The Kier molecular flexibility index (Phi) is 1.04. The molecule has 1 aliphatic heterocycles. The van der Waals surface area contributed by atoms with Crippen molar-refractivity contribution in [3.63, 3.8) is 0 Å². The van der Waals surface area contributed by atoms with E-state index in [9.17, 15) is 0 Å². The maximum Gasteiger partial charge on any atom is 0.0532 e. The topological polar surface area (TPSA) is 9.23 Å². The SMILES string of the molecule is C1C[C](C2CC2)CO1. The van der Waals surface area contributed by atoms with Gasteiger partial charge in [0.2, 0.25) is 0 Å². The fourth-order valence-corrected chi connectivity index (χ4v) is 1.29. The summed E-state index contributed by atoms with van der Waals surface area (Å²) < 4.78 is 5.22. The molecule has 45 valence electrons. The highest BCUT2D eigenvalue weighted by molar-refractivity contribution is 5.05. The molecule has 1 saturated heterocycles. The molecule has 2 aliphatic rings. The van der Waals surface area contributed by atoms with Crippen LogP contribution in [0, 0.1) is 11.8 Å². The molecule has 1 nitrogen and oxygen atoms in total. The summed E-state index contributed by atoms with van der Waals surface area (Å²) in [6, 6.07) is 0. The molecule has 1 aliphatic carbocycles. The second-order valence-electron chi connectivity index (χ2n) is 2.74. The van der Waals surface area contributed by atoms with Crippen LogP contribution < -0.4 is 0 Å². The van der Waals surface area contributed by atoms with E-state index in [1.807, 2.05) is 0 Å². The van der Waals surface area contributed by atoms with E-state index in [2.05, 4.69) is 0 Å². The van der Waals surface area contributed by atoms with Gasteiger partial charge in [0.1, 0.15) is 0 Å². The van der Waals surface area contributed by atoms with E-state index in [1.54, 1.807) is 5.92 Å². The van der Waals surface area contributed by atoms with Gasteiger partial charge in [0.05, 0.1) is 6.61 Å². The molecule has 0 aromatic rings. The first kappa shape index (κ1) is 4.80. The Morgan fingerprint density at radius 2 is 2.25 bits per heavy atom. The van der Waals surface area contributed by atoms with Crippen LogP contribution in [0.2, 0.25) is 0 Å². The van der Waals surface area contributed by atoms with Crippen LogP contribution in [0.1, 0.15) is 19.3 Å². The predicted octanol–water partition coefficient (Wildman–Crippen LogP) is 1.39. The van der Waals surface area contributed by atoms with E-state index in [-0.39, 0.29) is 0 Å². The summed E-state index contributed by atoms with van der Waals surface area (Å²) in [6.45, 7) is 1.97. The third kappa shape index (κ3) is 0.752. The lowest BCUT2D eigenvalue weighted by Crippen LogP contribution is -1.96. The zero-order valence-electron chi connectivity index (χ0n) is 5.02. The second kappa shape index (κ2) is 1.73. The predicted molar refractivity (Wildman–Crippen MR) is 31.4 cm³/mol. The van der Waals surface area contributed by atoms with Crippen LogP contribution in [0.3, 0.4) is 0 Å². The van der Waals surface area contributed by atoms with Gasteiger partial charge in [0.25, 0.3) is 0 Å². The summed E-state index contributed by atoms with van der Waals surface area (Å²) in [5.41, 5.74) is 0. The largest absolute Gasteiger partial charge is 0.381 e. The van der Waals surface area contributed by atoms with Crippen molar-refractivity contribution in [2.24, 2.45) is 5.92 Å². The molecule has 0 spiro atoms. The van der Waals surface area contributed by atoms with Crippen LogP contribution >= 0.6 is 0 Å². The highest BCUT2D eigenvalue weighted by Crippen LogP contribution is 2.41. The van der Waals surface area contributed by atoms with Crippen molar-refractivity contribution in [3.05, 3.63) is 5.92 Å². The molecule has 1 heteroatoms. The van der Waals surface area contributed by atoms with Crippen molar-refractivity contribution in [2.45, 2.75) is 19.3 Å². The quantitative estimate of drug-likeness (QED) is 0.497. The first-order chi connectivity index (χ1) is 3.97. The lowest BCUT2D eigenvalue weighted by atomic mass is 10.0. The molecular weight excluding hydrogens is 100 g/mol. The highest BCUT2D eigenvalue weighted by Gasteiger charge is 2.33. The Balaban J connectivity index is 1.86. The van der Waals surface area contributed by atoms with E-state index in [4.69, 9.17) is 4.74 Å². The van der Waals surface area contributed by atoms with Gasteiger partial charge in [-0.05, 0) is 25.2 Å². The Morgan fingerprint density at radius 1 is 1.38 bits per heavy atom. The Labute approximate surface area is 50.0 Å². The van der Waals surface area contributed by atoms with Crippen molar-refractivity contribution in [1.29, 1.82) is 0 Å². The van der Waals surface area contributed by atoms with Crippen LogP contribution in [-0.2, 0) is 4.74 Å². The summed E-state index contributed by atoms with van der Waals surface area (Å²) >= 11 is 0. The molecular formula is C7H11O. The molecule has 2 rings (SSSR count). The molecule has 1 heterocycles. The normalized spacial score (nSPS) is 31.5. The van der Waals surface area contributed by atoms with Gasteiger partial charge < -0.3 is 4.74 Å². The number of hydrogen-bond acceptors (Lipinski definition) is 1. The molecule has 0 unspecified atom stereocenters. The van der Waals surface area contributed by atoms with Gasteiger partial charge in [-0.1, -0.05) is 0 Å². The molecule has 1 saturated carbocycles. The summed E-state index contributed by atoms with van der Waals surface area (Å²) in [4.78, 5) is 0. The van der Waals surface area contributed by atoms with Crippen LogP contribution in [0.5, 0.6) is 0 Å². The third-order valence-corrected chi connectivity index (χ3v) is 2.01. The summed E-state index contributed by atoms with van der Waals surface area (Å²) in [5.74, 6) is 2.67. The lowest BCUT2D eigenvalue weighted by molar-refractivity contribution is 0.199. The highest BCUT2D eigenvalue weighted by atomic mass is 16.5. The summed E-state index contributed by atoms with van der Waals surface area (Å²) in [6.07, 6.45) is 4.14. The van der Waals surface area contributed by atoms with E-state index in [0.29, 0.717) is 0 Å². The third-order valence-electron chi connectivity index (χ3n) is 2.01. The number of ether oxygens (including phenoxy) is 1. The molecule has 1 radical (unpaired) electrons. The minimum Gasteiger partial charge on any atom is -0.381 e. The van der Waals surface area contributed by atoms with Gasteiger partial charge >= 0.3 is 0 Å². The molecule has 0 bridgehead atoms. The van der Waals surface area contributed by atoms with E-state index >= 15 is 0 Å². The van der Waals surface area contributed by atoms with Crippen molar-refractivity contribution in [1.82, 2.24) is 0 Å². The van der Waals surface area contributed by atoms with Gasteiger partial charge in [-0.2, -0.15) is 0 Å². The van der Waals surface area contributed by atoms with Gasteiger partial charge in [0.15, 0.2) is 0 Å². The molecule has 0 aromatic carbocycles. The molecule has 0 aromatic heterocycles. The van der Waals surface area contributed by atoms with E-state index < -0.39 is 0 Å². The maximum atomic E-state index is 5.22. The zero-order valence-corrected chi connectivity index (χ0v) is 5.02. The maximum absolute atomic E-state index is 5.22. The summed E-state index contributed by atoms with van der Waals surface area (Å²) in [7, 11) is 0. The first-order valence-corrected chi connectivity index (χ1v) is 3.39. The van der Waals surface area contributed by atoms with E-state index in [0.717, 1.165) is 19.1 Å². The van der Waals surface area contributed by atoms with Crippen LogP contribution in [0.25, 0.3) is 0 Å². The molecule has 0 atom stereocenters. The molecule has 2 fully saturated rings. The summed E-state index contributed by atoms with van der Waals surface area (Å²) in [5, 5.41) is 0. The Hall–Kier alpha value is -0.0400. The van der Waals surface area contributed by atoms with Gasteiger partial charge in [-0.15, -0.1) is 0 Å². The minimum absolute atomic E-state index is 0.977.